The van der Waals surface area contributed by atoms with E-state index in [1.807, 2.05) is 27.7 Å². The molecule has 116 valence electrons. The van der Waals surface area contributed by atoms with Crippen molar-refractivity contribution in [3.05, 3.63) is 0 Å². The van der Waals surface area contributed by atoms with Gasteiger partial charge in [0, 0.05) is 0 Å². The molecule has 0 N–H and O–H groups in total. The van der Waals surface area contributed by atoms with Crippen LogP contribution in [0.2, 0.25) is 0 Å². The maximum Gasteiger partial charge on any atom is 0.311 e. The van der Waals surface area contributed by atoms with Crippen LogP contribution in [0.1, 0.15) is 66.2 Å². The summed E-state index contributed by atoms with van der Waals surface area (Å²) in [5.74, 6) is -0.241. The molecule has 1 saturated heterocycles. The molecule has 4 heteroatoms. The van der Waals surface area contributed by atoms with Gasteiger partial charge in [0.1, 0.15) is 0 Å². The second-order valence-electron chi connectivity index (χ2n) is 6.31. The molecule has 2 unspecified atom stereocenters. The van der Waals surface area contributed by atoms with Crippen molar-refractivity contribution in [3.63, 3.8) is 0 Å². The normalized spacial score (nSPS) is 33.6. The quantitative estimate of drug-likeness (QED) is 0.728. The van der Waals surface area contributed by atoms with Crippen LogP contribution in [0.4, 0.5) is 0 Å². The Balaban J connectivity index is 2.74. The van der Waals surface area contributed by atoms with E-state index in [2.05, 4.69) is 0 Å². The largest absolute Gasteiger partial charge is 0.465 e. The van der Waals surface area contributed by atoms with E-state index in [1.54, 1.807) is 0 Å². The number of hydrogen-bond donors (Lipinski definition) is 0. The molecular weight excluding hydrogens is 256 g/mol. The van der Waals surface area contributed by atoms with E-state index in [-0.39, 0.29) is 11.9 Å². The topological polar surface area (TPSA) is 52.6 Å². The third-order valence-corrected chi connectivity index (χ3v) is 4.76. The smallest absolute Gasteiger partial charge is 0.311 e. The summed E-state index contributed by atoms with van der Waals surface area (Å²) in [6, 6.07) is 0. The van der Waals surface area contributed by atoms with Gasteiger partial charge in [0.2, 0.25) is 0 Å². The summed E-state index contributed by atoms with van der Waals surface area (Å²) in [7, 11) is 0. The van der Waals surface area contributed by atoms with Crippen LogP contribution in [0.25, 0.3) is 0 Å². The summed E-state index contributed by atoms with van der Waals surface area (Å²) in [5.41, 5.74) is -0.917. The van der Waals surface area contributed by atoms with Crippen LogP contribution in [0.5, 0.6) is 0 Å². The third-order valence-electron chi connectivity index (χ3n) is 4.76. The van der Waals surface area contributed by atoms with E-state index in [0.717, 1.165) is 12.8 Å². The fourth-order valence-corrected chi connectivity index (χ4v) is 2.45. The van der Waals surface area contributed by atoms with Crippen molar-refractivity contribution in [1.82, 2.24) is 0 Å². The molecule has 20 heavy (non-hydrogen) atoms. The molecule has 1 heterocycles. The lowest BCUT2D eigenvalue weighted by Gasteiger charge is -2.29. The molecule has 1 rings (SSSR count). The van der Waals surface area contributed by atoms with Crippen LogP contribution in [0.15, 0.2) is 0 Å². The van der Waals surface area contributed by atoms with Gasteiger partial charge < -0.3 is 9.47 Å². The number of rotatable bonds is 2. The Morgan fingerprint density at radius 3 is 1.50 bits per heavy atom. The lowest BCUT2D eigenvalue weighted by atomic mass is 9.82. The van der Waals surface area contributed by atoms with E-state index < -0.39 is 10.8 Å². The molecular formula is C16H28O4. The lowest BCUT2D eigenvalue weighted by Crippen LogP contribution is -2.33. The Morgan fingerprint density at radius 2 is 1.20 bits per heavy atom. The fraction of sp³-hybridized carbons (Fsp3) is 0.875. The van der Waals surface area contributed by atoms with Crippen molar-refractivity contribution < 1.29 is 19.1 Å². The third kappa shape index (κ3) is 3.97. The second kappa shape index (κ2) is 7.09. The molecule has 0 aliphatic carbocycles. The van der Waals surface area contributed by atoms with Crippen LogP contribution in [0, 0.1) is 10.8 Å². The van der Waals surface area contributed by atoms with Gasteiger partial charge in [-0.05, 0) is 52.4 Å². The van der Waals surface area contributed by atoms with Crippen LogP contribution in [-0.4, -0.2) is 25.2 Å². The Kier molecular flexibility index (Phi) is 6.03. The van der Waals surface area contributed by atoms with Crippen molar-refractivity contribution in [1.29, 1.82) is 0 Å². The minimum absolute atomic E-state index is 0.120. The van der Waals surface area contributed by atoms with Crippen LogP contribution in [-0.2, 0) is 19.1 Å². The molecule has 0 aromatic carbocycles. The average molecular weight is 284 g/mol. The van der Waals surface area contributed by atoms with Gasteiger partial charge in [0.05, 0.1) is 24.0 Å². The number of carbonyl (C=O) groups is 2. The summed E-state index contributed by atoms with van der Waals surface area (Å²) >= 11 is 0. The number of carbonyl (C=O) groups excluding carboxylic acids is 2. The second-order valence-corrected chi connectivity index (χ2v) is 6.31. The molecule has 0 saturated carbocycles. The molecule has 0 aromatic heterocycles. The number of cyclic esters (lactones) is 2. The molecule has 4 nitrogen and oxygen atoms in total. The molecule has 0 bridgehead atoms. The minimum Gasteiger partial charge on any atom is -0.465 e. The standard InChI is InChI=1S/C16H28O4/c1-5-15(3)9-7-11-20-14(18)16(4,6-2)10-8-12-19-13(15)17/h5-12H2,1-4H3. The minimum atomic E-state index is -0.459. The van der Waals surface area contributed by atoms with Gasteiger partial charge >= 0.3 is 11.9 Å². The van der Waals surface area contributed by atoms with Gasteiger partial charge in [0.15, 0.2) is 0 Å². The van der Waals surface area contributed by atoms with Crippen molar-refractivity contribution in [2.45, 2.75) is 66.2 Å². The van der Waals surface area contributed by atoms with Gasteiger partial charge in [-0.25, -0.2) is 0 Å². The predicted octanol–water partition coefficient (Wildman–Crippen LogP) is 3.48. The van der Waals surface area contributed by atoms with Crippen molar-refractivity contribution in [2.75, 3.05) is 13.2 Å². The van der Waals surface area contributed by atoms with E-state index in [9.17, 15) is 9.59 Å². The fourth-order valence-electron chi connectivity index (χ4n) is 2.45. The molecule has 1 aliphatic rings. The van der Waals surface area contributed by atoms with Gasteiger partial charge in [-0.15, -0.1) is 0 Å². The van der Waals surface area contributed by atoms with E-state index in [4.69, 9.17) is 9.47 Å². The Morgan fingerprint density at radius 1 is 0.850 bits per heavy atom. The summed E-state index contributed by atoms with van der Waals surface area (Å²) < 4.78 is 10.8. The summed E-state index contributed by atoms with van der Waals surface area (Å²) in [4.78, 5) is 24.3. The first-order valence-electron chi connectivity index (χ1n) is 7.72. The average Bonchev–Trinajstić information content (AvgIpc) is 2.45. The highest BCUT2D eigenvalue weighted by Gasteiger charge is 2.35. The first kappa shape index (κ1) is 17.0. The molecule has 1 aliphatic heterocycles. The predicted molar refractivity (Wildman–Crippen MR) is 77.2 cm³/mol. The number of esters is 2. The van der Waals surface area contributed by atoms with Gasteiger partial charge in [-0.1, -0.05) is 13.8 Å². The summed E-state index contributed by atoms with van der Waals surface area (Å²) in [5, 5.41) is 0. The molecule has 1 fully saturated rings. The van der Waals surface area contributed by atoms with Crippen molar-refractivity contribution in [2.24, 2.45) is 10.8 Å². The Labute approximate surface area is 122 Å². The van der Waals surface area contributed by atoms with E-state index >= 15 is 0 Å². The van der Waals surface area contributed by atoms with E-state index in [0.29, 0.717) is 38.9 Å². The highest BCUT2D eigenvalue weighted by molar-refractivity contribution is 5.77. The number of ether oxygens (including phenoxy) is 2. The van der Waals surface area contributed by atoms with Crippen molar-refractivity contribution >= 4 is 11.9 Å². The monoisotopic (exact) mass is 284 g/mol. The van der Waals surface area contributed by atoms with Gasteiger partial charge in [-0.2, -0.15) is 0 Å². The molecule has 0 spiro atoms. The maximum atomic E-state index is 12.1. The molecule has 0 aromatic rings. The summed E-state index contributed by atoms with van der Waals surface area (Å²) in [6.07, 6.45) is 4.27. The maximum absolute atomic E-state index is 12.1. The zero-order valence-corrected chi connectivity index (χ0v) is 13.3. The van der Waals surface area contributed by atoms with Gasteiger partial charge in [-0.3, -0.25) is 9.59 Å². The zero-order valence-electron chi connectivity index (χ0n) is 13.3. The highest BCUT2D eigenvalue weighted by Crippen LogP contribution is 2.32. The molecule has 2 atom stereocenters. The van der Waals surface area contributed by atoms with E-state index in [1.165, 1.54) is 0 Å². The van der Waals surface area contributed by atoms with Crippen LogP contribution >= 0.6 is 0 Å². The van der Waals surface area contributed by atoms with Crippen molar-refractivity contribution in [3.8, 4) is 0 Å². The summed E-state index contributed by atoms with van der Waals surface area (Å²) in [6.45, 7) is 8.62. The highest BCUT2D eigenvalue weighted by atomic mass is 16.5. The first-order valence-corrected chi connectivity index (χ1v) is 7.72. The SMILES string of the molecule is CCC1(C)CCCOC(=O)C(C)(CC)CCCOC1=O. The number of hydrogen-bond acceptors (Lipinski definition) is 4. The molecule has 0 radical (unpaired) electrons. The molecule has 0 amide bonds. The van der Waals surface area contributed by atoms with Gasteiger partial charge in [0.25, 0.3) is 0 Å². The van der Waals surface area contributed by atoms with Crippen LogP contribution in [0.3, 0.4) is 0 Å². The lowest BCUT2D eigenvalue weighted by molar-refractivity contribution is -0.160. The van der Waals surface area contributed by atoms with Crippen LogP contribution < -0.4 is 0 Å². The Hall–Kier alpha value is -1.06. The first-order chi connectivity index (χ1) is 9.38. The zero-order chi connectivity index (χ0) is 15.2. The Bertz CT molecular complexity index is 318.